The van der Waals surface area contributed by atoms with E-state index in [9.17, 15) is 0 Å². The van der Waals surface area contributed by atoms with Crippen LogP contribution in [0.2, 0.25) is 0 Å². The Balaban J connectivity index is 0.00000256. The second kappa shape index (κ2) is 11.7. The van der Waals surface area contributed by atoms with Crippen LogP contribution in [0, 0.1) is 5.92 Å². The Morgan fingerprint density at radius 2 is 1.87 bits per heavy atom. The number of guanidine groups is 1. The molecule has 0 amide bonds. The maximum Gasteiger partial charge on any atom is 0.193 e. The molecule has 0 bridgehead atoms. The van der Waals surface area contributed by atoms with E-state index in [4.69, 9.17) is 9.73 Å². The van der Waals surface area contributed by atoms with Gasteiger partial charge in [-0.1, -0.05) is 30.3 Å². The van der Waals surface area contributed by atoms with Crippen molar-refractivity contribution in [1.82, 2.24) is 15.1 Å². The molecule has 5 nitrogen and oxygen atoms in total. The van der Waals surface area contributed by atoms with Crippen LogP contribution in [0.25, 0.3) is 0 Å². The molecule has 0 radical (unpaired) electrons. The normalized spacial score (nSPS) is 24.6. The molecule has 30 heavy (non-hydrogen) atoms. The fourth-order valence-corrected chi connectivity index (χ4v) is 5.30. The lowest BCUT2D eigenvalue weighted by Gasteiger charge is -2.43. The third kappa shape index (κ3) is 5.88. The van der Waals surface area contributed by atoms with Crippen molar-refractivity contribution in [1.29, 1.82) is 0 Å². The molecule has 3 saturated heterocycles. The lowest BCUT2D eigenvalue weighted by molar-refractivity contribution is -0.0139. The number of benzene rings is 1. The molecule has 3 fully saturated rings. The highest BCUT2D eigenvalue weighted by Gasteiger charge is 2.39. The number of ether oxygens (including phenoxy) is 1. The van der Waals surface area contributed by atoms with Gasteiger partial charge in [-0.25, -0.2) is 0 Å². The Kier molecular flexibility index (Phi) is 9.26. The molecule has 168 valence electrons. The summed E-state index contributed by atoms with van der Waals surface area (Å²) in [6, 6.07) is 10.9. The summed E-state index contributed by atoms with van der Waals surface area (Å²) >= 11 is 0. The van der Waals surface area contributed by atoms with Crippen molar-refractivity contribution in [3.05, 3.63) is 35.9 Å². The molecule has 3 aliphatic rings. The number of nitrogens with one attached hydrogen (secondary N) is 1. The lowest BCUT2D eigenvalue weighted by Crippen LogP contribution is -2.54. The van der Waals surface area contributed by atoms with Gasteiger partial charge in [0.25, 0.3) is 0 Å². The van der Waals surface area contributed by atoms with Crippen LogP contribution in [-0.2, 0) is 11.2 Å². The van der Waals surface area contributed by atoms with Gasteiger partial charge in [0.1, 0.15) is 0 Å². The maximum atomic E-state index is 5.71. The molecule has 0 aromatic heterocycles. The molecule has 0 spiro atoms. The number of likely N-dealkylation sites (tertiary alicyclic amines) is 2. The Bertz CT molecular complexity index is 656. The van der Waals surface area contributed by atoms with Gasteiger partial charge in [0.15, 0.2) is 5.96 Å². The van der Waals surface area contributed by atoms with Crippen LogP contribution in [0.3, 0.4) is 0 Å². The van der Waals surface area contributed by atoms with Crippen molar-refractivity contribution in [2.75, 3.05) is 52.5 Å². The summed E-state index contributed by atoms with van der Waals surface area (Å²) in [4.78, 5) is 10.4. The third-order valence-corrected chi connectivity index (χ3v) is 7.01. The van der Waals surface area contributed by atoms with Crippen LogP contribution in [0.5, 0.6) is 0 Å². The SMILES string of the molecule is CCNC(=NCC1(N2CCCC2)CCOCC1)N1CCC(Cc2ccccc2)C1.I. The molecule has 1 aromatic carbocycles. The molecule has 0 saturated carbocycles. The summed E-state index contributed by atoms with van der Waals surface area (Å²) in [7, 11) is 0. The van der Waals surface area contributed by atoms with E-state index in [0.717, 1.165) is 64.1 Å². The third-order valence-electron chi connectivity index (χ3n) is 7.01. The number of halogens is 1. The van der Waals surface area contributed by atoms with E-state index in [1.54, 1.807) is 0 Å². The Morgan fingerprint density at radius 3 is 2.57 bits per heavy atom. The second-order valence-electron chi connectivity index (χ2n) is 8.99. The fraction of sp³-hybridized carbons (Fsp3) is 0.708. The molecule has 1 unspecified atom stereocenters. The minimum atomic E-state index is 0. The highest BCUT2D eigenvalue weighted by atomic mass is 127. The van der Waals surface area contributed by atoms with E-state index in [-0.39, 0.29) is 29.5 Å². The monoisotopic (exact) mass is 526 g/mol. The highest BCUT2D eigenvalue weighted by molar-refractivity contribution is 14.0. The second-order valence-corrected chi connectivity index (χ2v) is 8.99. The summed E-state index contributed by atoms with van der Waals surface area (Å²) in [6.45, 7) is 10.5. The molecule has 1 aromatic rings. The van der Waals surface area contributed by atoms with Crippen LogP contribution in [-0.4, -0.2) is 73.8 Å². The molecule has 6 heteroatoms. The summed E-state index contributed by atoms with van der Waals surface area (Å²) in [5.41, 5.74) is 1.66. The first-order valence-corrected chi connectivity index (χ1v) is 11.7. The van der Waals surface area contributed by atoms with Gasteiger partial charge in [0.2, 0.25) is 0 Å². The number of rotatable bonds is 6. The van der Waals surface area contributed by atoms with E-state index in [0.29, 0.717) is 0 Å². The number of aliphatic imine (C=N–C) groups is 1. The van der Waals surface area contributed by atoms with Gasteiger partial charge in [0.05, 0.1) is 6.54 Å². The molecular formula is C24H39IN4O. The zero-order valence-corrected chi connectivity index (χ0v) is 20.9. The smallest absolute Gasteiger partial charge is 0.193 e. The van der Waals surface area contributed by atoms with Crippen LogP contribution < -0.4 is 5.32 Å². The van der Waals surface area contributed by atoms with E-state index in [1.165, 1.54) is 44.3 Å². The molecule has 1 N–H and O–H groups in total. The molecule has 0 aliphatic carbocycles. The van der Waals surface area contributed by atoms with E-state index < -0.39 is 0 Å². The van der Waals surface area contributed by atoms with Crippen LogP contribution in [0.15, 0.2) is 35.3 Å². The quantitative estimate of drug-likeness (QED) is 0.348. The van der Waals surface area contributed by atoms with Gasteiger partial charge in [-0.05, 0) is 70.0 Å². The molecule has 1 atom stereocenters. The Hall–Kier alpha value is -0.860. The summed E-state index contributed by atoms with van der Waals surface area (Å²) < 4.78 is 5.71. The summed E-state index contributed by atoms with van der Waals surface area (Å²) in [5, 5.41) is 3.58. The van der Waals surface area contributed by atoms with Crippen molar-refractivity contribution in [2.24, 2.45) is 10.9 Å². The largest absolute Gasteiger partial charge is 0.381 e. The van der Waals surface area contributed by atoms with Crippen molar-refractivity contribution in [3.8, 4) is 0 Å². The first kappa shape index (κ1) is 23.8. The zero-order chi connectivity index (χ0) is 19.9. The average molecular weight is 527 g/mol. The standard InChI is InChI=1S/C24H38N4O.HI/c1-2-25-23(27-15-10-22(19-27)18-21-8-4-3-5-9-21)26-20-24(11-16-29-17-12-24)28-13-6-7-14-28;/h3-5,8-9,22H,2,6-7,10-20H2,1H3,(H,25,26);1H. The summed E-state index contributed by atoms with van der Waals surface area (Å²) in [6.07, 6.45) is 7.33. The lowest BCUT2D eigenvalue weighted by atomic mass is 9.88. The van der Waals surface area contributed by atoms with Gasteiger partial charge in [-0.15, -0.1) is 24.0 Å². The van der Waals surface area contributed by atoms with Gasteiger partial charge in [0, 0.05) is 38.4 Å². The Morgan fingerprint density at radius 1 is 1.13 bits per heavy atom. The van der Waals surface area contributed by atoms with Crippen molar-refractivity contribution in [3.63, 3.8) is 0 Å². The van der Waals surface area contributed by atoms with Gasteiger partial charge in [-0.2, -0.15) is 0 Å². The van der Waals surface area contributed by atoms with E-state index >= 15 is 0 Å². The molecule has 4 rings (SSSR count). The number of hydrogen-bond acceptors (Lipinski definition) is 3. The fourth-order valence-electron chi connectivity index (χ4n) is 5.30. The summed E-state index contributed by atoms with van der Waals surface area (Å²) in [5.74, 6) is 1.84. The minimum absolute atomic E-state index is 0. The number of nitrogens with zero attached hydrogens (tertiary/aromatic N) is 3. The molecular weight excluding hydrogens is 487 g/mol. The highest BCUT2D eigenvalue weighted by Crippen LogP contribution is 2.32. The topological polar surface area (TPSA) is 40.1 Å². The van der Waals surface area contributed by atoms with Gasteiger partial charge < -0.3 is 15.0 Å². The first-order valence-electron chi connectivity index (χ1n) is 11.7. The van der Waals surface area contributed by atoms with Crippen molar-refractivity contribution in [2.45, 2.75) is 51.0 Å². The van der Waals surface area contributed by atoms with Crippen molar-refractivity contribution >= 4 is 29.9 Å². The molecule has 3 heterocycles. The predicted octanol–water partition coefficient (Wildman–Crippen LogP) is 3.78. The first-order chi connectivity index (χ1) is 14.3. The van der Waals surface area contributed by atoms with Crippen LogP contribution in [0.4, 0.5) is 0 Å². The van der Waals surface area contributed by atoms with Crippen LogP contribution in [0.1, 0.15) is 44.6 Å². The van der Waals surface area contributed by atoms with E-state index in [2.05, 4.69) is 52.4 Å². The Labute approximate surface area is 199 Å². The maximum absolute atomic E-state index is 5.71. The van der Waals surface area contributed by atoms with E-state index in [1.807, 2.05) is 0 Å². The zero-order valence-electron chi connectivity index (χ0n) is 18.5. The van der Waals surface area contributed by atoms with Gasteiger partial charge in [-0.3, -0.25) is 9.89 Å². The molecule has 3 aliphatic heterocycles. The van der Waals surface area contributed by atoms with Gasteiger partial charge >= 0.3 is 0 Å². The van der Waals surface area contributed by atoms with Crippen molar-refractivity contribution < 1.29 is 4.74 Å². The van der Waals surface area contributed by atoms with Crippen LogP contribution >= 0.6 is 24.0 Å². The average Bonchev–Trinajstić information content (AvgIpc) is 3.45. The minimum Gasteiger partial charge on any atom is -0.381 e. The predicted molar refractivity (Wildman–Crippen MR) is 135 cm³/mol. The number of hydrogen-bond donors (Lipinski definition) is 1.